The van der Waals surface area contributed by atoms with Crippen LogP contribution < -0.4 is 10.7 Å². The van der Waals surface area contributed by atoms with Crippen LogP contribution in [0.2, 0.25) is 0 Å². The van der Waals surface area contributed by atoms with Gasteiger partial charge in [0.15, 0.2) is 5.82 Å². The first kappa shape index (κ1) is 20.2. The average molecular weight is 428 g/mol. The fourth-order valence-corrected chi connectivity index (χ4v) is 4.24. The third-order valence-corrected chi connectivity index (χ3v) is 5.92. The summed E-state index contributed by atoms with van der Waals surface area (Å²) in [6.45, 7) is 6.10. The van der Waals surface area contributed by atoms with E-state index >= 15 is 0 Å². The van der Waals surface area contributed by atoms with E-state index in [1.807, 2.05) is 54.8 Å². The molecule has 1 N–H and O–H groups in total. The van der Waals surface area contributed by atoms with Gasteiger partial charge < -0.3 is 14.4 Å². The molecule has 0 bridgehead atoms. The second kappa shape index (κ2) is 7.75. The van der Waals surface area contributed by atoms with Crippen molar-refractivity contribution in [3.8, 4) is 0 Å². The monoisotopic (exact) mass is 428 g/mol. The number of rotatable bonds is 5. The molecule has 0 fully saturated rings. The minimum Gasteiger partial charge on any atom is -0.343 e. The third-order valence-electron chi connectivity index (χ3n) is 5.92. The van der Waals surface area contributed by atoms with Crippen molar-refractivity contribution >= 4 is 22.5 Å². The van der Waals surface area contributed by atoms with Crippen molar-refractivity contribution in [2.75, 3.05) is 5.32 Å². The van der Waals surface area contributed by atoms with Gasteiger partial charge in [-0.05, 0) is 42.7 Å². The maximum absolute atomic E-state index is 13.0. The zero-order chi connectivity index (χ0) is 22.4. The van der Waals surface area contributed by atoms with Gasteiger partial charge in [0.25, 0.3) is 5.91 Å². The number of pyridine rings is 1. The van der Waals surface area contributed by atoms with E-state index in [0.717, 1.165) is 23.1 Å². The third kappa shape index (κ3) is 3.49. The minimum atomic E-state index is -0.405. The van der Waals surface area contributed by atoms with E-state index in [-0.39, 0.29) is 23.0 Å². The van der Waals surface area contributed by atoms with Crippen LogP contribution in [-0.2, 0) is 12.8 Å². The molecule has 0 saturated carbocycles. The van der Waals surface area contributed by atoms with Gasteiger partial charge in [0, 0.05) is 35.7 Å². The van der Waals surface area contributed by atoms with Crippen molar-refractivity contribution in [1.29, 1.82) is 0 Å². The number of amides is 1. The number of nitrogens with one attached hydrogen (secondary N) is 1. The number of hydrogen-bond donors (Lipinski definition) is 1. The first-order valence-electron chi connectivity index (χ1n) is 10.8. The normalized spacial score (nSPS) is 14.9. The Morgan fingerprint density at radius 1 is 1.22 bits per heavy atom. The molecule has 1 aliphatic heterocycles. The quantitative estimate of drug-likeness (QED) is 0.507. The minimum absolute atomic E-state index is 0.153. The van der Waals surface area contributed by atoms with Crippen molar-refractivity contribution in [1.82, 2.24) is 14.7 Å². The summed E-state index contributed by atoms with van der Waals surface area (Å²) in [5.74, 6) is 1.03. The summed E-state index contributed by atoms with van der Waals surface area (Å²) in [4.78, 5) is 30.4. The predicted molar refractivity (Wildman–Crippen MR) is 122 cm³/mol. The number of carbonyl (C=O) groups excluding carboxylic acids is 1. The number of aromatic nitrogens is 3. The molecule has 1 atom stereocenters. The Balaban J connectivity index is 1.36. The zero-order valence-electron chi connectivity index (χ0n) is 18.3. The molecule has 0 saturated heterocycles. The Morgan fingerprint density at radius 3 is 2.72 bits per heavy atom. The molecular formula is C25H24N4O3. The van der Waals surface area contributed by atoms with Gasteiger partial charge in [0.1, 0.15) is 5.56 Å². The van der Waals surface area contributed by atoms with Gasteiger partial charge in [-0.15, -0.1) is 0 Å². The number of nitrogens with zero attached hydrogens (tertiary/aromatic N) is 3. The average Bonchev–Trinajstić information content (AvgIpc) is 3.37. The van der Waals surface area contributed by atoms with Crippen LogP contribution in [0.4, 0.5) is 5.69 Å². The molecule has 1 aliphatic rings. The molecule has 0 aliphatic carbocycles. The van der Waals surface area contributed by atoms with Gasteiger partial charge in [0.2, 0.25) is 11.3 Å². The SMILES string of the molecule is CC(C)c1nc(Cc2ccc(NC(=O)c3cn4c5c(cccc5c3=O)C[C@@H]4C)cc2)no1. The van der Waals surface area contributed by atoms with Crippen molar-refractivity contribution in [2.45, 2.75) is 45.6 Å². The molecule has 0 radical (unpaired) electrons. The summed E-state index contributed by atoms with van der Waals surface area (Å²) in [5.41, 5.74) is 3.63. The molecule has 162 valence electrons. The molecular weight excluding hydrogens is 404 g/mol. The van der Waals surface area contributed by atoms with Gasteiger partial charge in [-0.2, -0.15) is 4.98 Å². The summed E-state index contributed by atoms with van der Waals surface area (Å²) >= 11 is 0. The maximum Gasteiger partial charge on any atom is 0.261 e. The van der Waals surface area contributed by atoms with Crippen molar-refractivity contribution in [3.63, 3.8) is 0 Å². The summed E-state index contributed by atoms with van der Waals surface area (Å²) in [6.07, 6.45) is 3.10. The van der Waals surface area contributed by atoms with Crippen LogP contribution in [0.5, 0.6) is 0 Å². The predicted octanol–water partition coefficient (Wildman–Crippen LogP) is 4.47. The van der Waals surface area contributed by atoms with E-state index in [9.17, 15) is 9.59 Å². The lowest BCUT2D eigenvalue weighted by Crippen LogP contribution is -2.23. The van der Waals surface area contributed by atoms with E-state index < -0.39 is 5.91 Å². The van der Waals surface area contributed by atoms with Crippen LogP contribution >= 0.6 is 0 Å². The first-order chi connectivity index (χ1) is 15.4. The highest BCUT2D eigenvalue weighted by Crippen LogP contribution is 2.31. The number of anilines is 1. The Hall–Kier alpha value is -3.74. The number of para-hydroxylation sites is 1. The molecule has 1 amide bonds. The molecule has 0 spiro atoms. The lowest BCUT2D eigenvalue weighted by Gasteiger charge is -2.13. The fourth-order valence-electron chi connectivity index (χ4n) is 4.24. The highest BCUT2D eigenvalue weighted by atomic mass is 16.5. The smallest absolute Gasteiger partial charge is 0.261 e. The van der Waals surface area contributed by atoms with Gasteiger partial charge in [-0.3, -0.25) is 9.59 Å². The van der Waals surface area contributed by atoms with Crippen LogP contribution in [0.25, 0.3) is 10.9 Å². The van der Waals surface area contributed by atoms with Crippen molar-refractivity contribution in [2.24, 2.45) is 0 Å². The largest absolute Gasteiger partial charge is 0.343 e. The lowest BCUT2D eigenvalue weighted by molar-refractivity contribution is 0.102. The number of benzene rings is 2. The molecule has 2 aromatic heterocycles. The zero-order valence-corrected chi connectivity index (χ0v) is 18.3. The molecule has 5 rings (SSSR count). The molecule has 2 aromatic carbocycles. The molecule has 0 unspecified atom stereocenters. The Labute approximate surface area is 185 Å². The molecule has 7 nitrogen and oxygen atoms in total. The van der Waals surface area contributed by atoms with Gasteiger partial charge in [0.05, 0.1) is 5.52 Å². The van der Waals surface area contributed by atoms with Crippen LogP contribution in [0.15, 0.2) is 58.0 Å². The molecule has 4 aromatic rings. The lowest BCUT2D eigenvalue weighted by atomic mass is 10.1. The molecule has 7 heteroatoms. The van der Waals surface area contributed by atoms with E-state index in [0.29, 0.717) is 29.2 Å². The van der Waals surface area contributed by atoms with Crippen LogP contribution in [0.1, 0.15) is 65.9 Å². The number of carbonyl (C=O) groups is 1. The topological polar surface area (TPSA) is 90.0 Å². The molecule has 32 heavy (non-hydrogen) atoms. The summed E-state index contributed by atoms with van der Waals surface area (Å²) in [7, 11) is 0. The van der Waals surface area contributed by atoms with Crippen molar-refractivity contribution in [3.05, 3.63) is 87.3 Å². The standard InChI is InChI=1S/C25H24N4O3/c1-14(2)25-27-21(28-32-25)12-16-7-9-18(10-8-16)26-24(31)20-13-29-15(3)11-17-5-4-6-19(22(17)29)23(20)30/h4-10,13-15H,11-12H2,1-3H3,(H,26,31)/t15-/m0/s1. The second-order valence-corrected chi connectivity index (χ2v) is 8.68. The van der Waals surface area contributed by atoms with E-state index in [1.54, 1.807) is 12.3 Å². The second-order valence-electron chi connectivity index (χ2n) is 8.68. The van der Waals surface area contributed by atoms with Crippen molar-refractivity contribution < 1.29 is 9.32 Å². The van der Waals surface area contributed by atoms with E-state index in [2.05, 4.69) is 22.4 Å². The van der Waals surface area contributed by atoms with Crippen LogP contribution in [0, 0.1) is 0 Å². The Morgan fingerprint density at radius 2 is 2.00 bits per heavy atom. The Kier molecular flexibility index (Phi) is 4.89. The van der Waals surface area contributed by atoms with Crippen LogP contribution in [-0.4, -0.2) is 20.6 Å². The number of hydrogen-bond acceptors (Lipinski definition) is 5. The first-order valence-corrected chi connectivity index (χ1v) is 10.8. The van der Waals surface area contributed by atoms with Crippen LogP contribution in [0.3, 0.4) is 0 Å². The summed E-state index contributed by atoms with van der Waals surface area (Å²) < 4.78 is 7.29. The van der Waals surface area contributed by atoms with Gasteiger partial charge >= 0.3 is 0 Å². The Bertz CT molecular complexity index is 1380. The fraction of sp³-hybridized carbons (Fsp3) is 0.280. The van der Waals surface area contributed by atoms with E-state index in [4.69, 9.17) is 4.52 Å². The maximum atomic E-state index is 13.0. The molecule has 3 heterocycles. The van der Waals surface area contributed by atoms with Gasteiger partial charge in [-0.25, -0.2) is 0 Å². The summed E-state index contributed by atoms with van der Waals surface area (Å²) in [5, 5.41) is 7.46. The summed E-state index contributed by atoms with van der Waals surface area (Å²) in [6, 6.07) is 13.4. The van der Waals surface area contributed by atoms with E-state index in [1.165, 1.54) is 0 Å². The highest BCUT2D eigenvalue weighted by molar-refractivity contribution is 6.06. The highest BCUT2D eigenvalue weighted by Gasteiger charge is 2.24. The van der Waals surface area contributed by atoms with Gasteiger partial charge in [-0.1, -0.05) is 43.3 Å².